The van der Waals surface area contributed by atoms with Crippen LogP contribution < -0.4 is 10.6 Å². The van der Waals surface area contributed by atoms with Gasteiger partial charge in [0.15, 0.2) is 0 Å². The van der Waals surface area contributed by atoms with Crippen molar-refractivity contribution in [2.24, 2.45) is 0 Å². The zero-order valence-electron chi connectivity index (χ0n) is 19.5. The first kappa shape index (κ1) is 26.4. The van der Waals surface area contributed by atoms with Crippen LogP contribution in [0.3, 0.4) is 0 Å². The van der Waals surface area contributed by atoms with Crippen LogP contribution in [0.5, 0.6) is 0 Å². The molecule has 0 aliphatic carbocycles. The molecule has 11 heteroatoms. The average molecular weight is 532 g/mol. The molecule has 7 nitrogen and oxygen atoms in total. The fraction of sp³-hybridized carbons (Fsp3) is 0.231. The van der Waals surface area contributed by atoms with Gasteiger partial charge in [0.25, 0.3) is 0 Å². The largest absolute Gasteiger partial charge is 0.478 e. The Hall–Kier alpha value is -3.70. The molecule has 1 saturated heterocycles. The number of hydrogen-bond donors (Lipinski definition) is 4. The summed E-state index contributed by atoms with van der Waals surface area (Å²) >= 11 is 1.86. The van der Waals surface area contributed by atoms with Gasteiger partial charge in [0.1, 0.15) is 0 Å². The number of nitrogens with zero attached hydrogens (tertiary/aromatic N) is 1. The number of carbonyl (C=O) groups is 2. The van der Waals surface area contributed by atoms with Gasteiger partial charge in [0.2, 0.25) is 0 Å². The Balaban J connectivity index is 1.70. The average Bonchev–Trinajstić information content (AvgIpc) is 2.86. The summed E-state index contributed by atoms with van der Waals surface area (Å²) in [5.74, 6) is -0.430. The summed E-state index contributed by atoms with van der Waals surface area (Å²) in [6, 6.07) is 13.7. The van der Waals surface area contributed by atoms with Crippen LogP contribution >= 0.6 is 11.8 Å². The summed E-state index contributed by atoms with van der Waals surface area (Å²) in [6.45, 7) is 2.36. The first-order chi connectivity index (χ1) is 17.6. The smallest absolute Gasteiger partial charge is 0.416 e. The lowest BCUT2D eigenvalue weighted by Crippen LogP contribution is -2.32. The van der Waals surface area contributed by atoms with Crippen molar-refractivity contribution in [1.29, 1.82) is 0 Å². The second-order valence-corrected chi connectivity index (χ2v) is 9.66. The summed E-state index contributed by atoms with van der Waals surface area (Å²) < 4.78 is 40.5. The maximum absolute atomic E-state index is 13.5. The molecule has 3 aromatic carbocycles. The van der Waals surface area contributed by atoms with E-state index < -0.39 is 23.7 Å². The lowest BCUT2D eigenvalue weighted by Gasteiger charge is -2.26. The van der Waals surface area contributed by atoms with Gasteiger partial charge in [-0.25, -0.2) is 9.59 Å². The number of anilines is 4. The normalized spacial score (nSPS) is 14.2. The zero-order chi connectivity index (χ0) is 26.6. The van der Waals surface area contributed by atoms with Gasteiger partial charge in [-0.05, 0) is 48.0 Å². The molecule has 1 heterocycles. The van der Waals surface area contributed by atoms with E-state index in [2.05, 4.69) is 15.5 Å². The Morgan fingerprint density at radius 1 is 0.811 bits per heavy atom. The highest BCUT2D eigenvalue weighted by Crippen LogP contribution is 2.37. The monoisotopic (exact) mass is 531 g/mol. The molecule has 4 N–H and O–H groups in total. The number of aromatic carboxylic acids is 2. The number of benzene rings is 3. The maximum atomic E-state index is 13.5. The number of hydrogen-bond acceptors (Lipinski definition) is 6. The van der Waals surface area contributed by atoms with E-state index in [9.17, 15) is 33.0 Å². The van der Waals surface area contributed by atoms with Crippen molar-refractivity contribution in [1.82, 2.24) is 4.90 Å². The van der Waals surface area contributed by atoms with Crippen LogP contribution in [-0.4, -0.2) is 51.6 Å². The number of carboxylic acid groups (broad SMARTS) is 2. The van der Waals surface area contributed by atoms with Crippen molar-refractivity contribution in [3.8, 4) is 0 Å². The van der Waals surface area contributed by atoms with Crippen LogP contribution in [0.15, 0.2) is 60.7 Å². The molecule has 0 aromatic heterocycles. The molecular formula is C26H24F3N3O4S. The first-order valence-corrected chi connectivity index (χ1v) is 12.5. The predicted octanol–water partition coefficient (Wildman–Crippen LogP) is 6.14. The van der Waals surface area contributed by atoms with Crippen molar-refractivity contribution in [3.63, 3.8) is 0 Å². The van der Waals surface area contributed by atoms with Crippen molar-refractivity contribution in [2.75, 3.05) is 35.2 Å². The van der Waals surface area contributed by atoms with E-state index in [4.69, 9.17) is 0 Å². The Morgan fingerprint density at radius 3 is 2.11 bits per heavy atom. The molecule has 4 rings (SSSR count). The van der Waals surface area contributed by atoms with Gasteiger partial charge in [0, 0.05) is 31.1 Å². The van der Waals surface area contributed by atoms with Crippen molar-refractivity contribution < 1.29 is 33.0 Å². The highest BCUT2D eigenvalue weighted by molar-refractivity contribution is 7.99. The molecule has 0 atom stereocenters. The summed E-state index contributed by atoms with van der Waals surface area (Å²) in [5, 5.41) is 25.0. The van der Waals surface area contributed by atoms with Crippen molar-refractivity contribution in [2.45, 2.75) is 12.7 Å². The first-order valence-electron chi connectivity index (χ1n) is 11.4. The van der Waals surface area contributed by atoms with E-state index in [1.165, 1.54) is 36.4 Å². The standard InChI is InChI=1S/C26H24F3N3O4S/c27-26(28,29)17-6-8-22(30-20-4-2-1-3-18(20)24(33)34)23(14-17)31-21-7-5-16(13-19(21)25(35)36)15-32-9-11-37-12-10-32/h1-8,13-14,30-31H,9-12,15H2,(H,33,34)(H,35,36). The minimum absolute atomic E-state index is 0.0571. The topological polar surface area (TPSA) is 102 Å². The Morgan fingerprint density at radius 2 is 1.43 bits per heavy atom. The van der Waals surface area contributed by atoms with E-state index in [1.54, 1.807) is 12.1 Å². The van der Waals surface area contributed by atoms with E-state index in [0.717, 1.165) is 42.3 Å². The van der Waals surface area contributed by atoms with Crippen LogP contribution in [0.25, 0.3) is 0 Å². The van der Waals surface area contributed by atoms with Crippen molar-refractivity contribution >= 4 is 46.5 Å². The number of para-hydroxylation sites is 1. The molecule has 1 fully saturated rings. The Kier molecular flexibility index (Phi) is 7.94. The summed E-state index contributed by atoms with van der Waals surface area (Å²) in [7, 11) is 0. The van der Waals surface area contributed by atoms with E-state index >= 15 is 0 Å². The predicted molar refractivity (Wildman–Crippen MR) is 137 cm³/mol. The number of nitrogens with one attached hydrogen (secondary N) is 2. The zero-order valence-corrected chi connectivity index (χ0v) is 20.3. The van der Waals surface area contributed by atoms with Crippen LogP contribution in [0.4, 0.5) is 35.9 Å². The summed E-state index contributed by atoms with van der Waals surface area (Å²) in [5.41, 5.74) is 0.0614. The number of thioether (sulfide) groups is 1. The molecule has 1 aliphatic heterocycles. The molecule has 1 aliphatic rings. The van der Waals surface area contributed by atoms with Crippen LogP contribution in [-0.2, 0) is 12.7 Å². The van der Waals surface area contributed by atoms with E-state index in [-0.39, 0.29) is 33.9 Å². The number of rotatable bonds is 8. The molecule has 0 spiro atoms. The van der Waals surface area contributed by atoms with Crippen LogP contribution in [0, 0.1) is 0 Å². The van der Waals surface area contributed by atoms with E-state index in [1.807, 2.05) is 11.8 Å². The molecule has 0 saturated carbocycles. The highest BCUT2D eigenvalue weighted by atomic mass is 32.2. The third-order valence-electron chi connectivity index (χ3n) is 5.87. The molecular weight excluding hydrogens is 507 g/mol. The summed E-state index contributed by atoms with van der Waals surface area (Å²) in [6.07, 6.45) is -4.64. The molecule has 0 amide bonds. The lowest BCUT2D eigenvalue weighted by molar-refractivity contribution is -0.137. The number of carboxylic acids is 2. The highest BCUT2D eigenvalue weighted by Gasteiger charge is 2.31. The molecule has 0 radical (unpaired) electrons. The van der Waals surface area contributed by atoms with Gasteiger partial charge < -0.3 is 20.8 Å². The van der Waals surface area contributed by atoms with E-state index in [0.29, 0.717) is 6.54 Å². The van der Waals surface area contributed by atoms with Gasteiger partial charge in [-0.2, -0.15) is 24.9 Å². The summed E-state index contributed by atoms with van der Waals surface area (Å²) in [4.78, 5) is 25.9. The third-order valence-corrected chi connectivity index (χ3v) is 6.81. The Bertz CT molecular complexity index is 1310. The fourth-order valence-corrected chi connectivity index (χ4v) is 4.97. The molecule has 0 bridgehead atoms. The quantitative estimate of drug-likeness (QED) is 0.275. The molecule has 37 heavy (non-hydrogen) atoms. The van der Waals surface area contributed by atoms with Crippen LogP contribution in [0.2, 0.25) is 0 Å². The van der Waals surface area contributed by atoms with Gasteiger partial charge >= 0.3 is 18.1 Å². The van der Waals surface area contributed by atoms with Gasteiger partial charge in [-0.1, -0.05) is 18.2 Å². The number of alkyl halides is 3. The Labute approximate surface area is 215 Å². The minimum Gasteiger partial charge on any atom is -0.478 e. The fourth-order valence-electron chi connectivity index (χ4n) is 3.99. The molecule has 3 aromatic rings. The third kappa shape index (κ3) is 6.55. The lowest BCUT2D eigenvalue weighted by atomic mass is 10.1. The second-order valence-electron chi connectivity index (χ2n) is 8.43. The maximum Gasteiger partial charge on any atom is 0.416 e. The van der Waals surface area contributed by atoms with Gasteiger partial charge in [-0.3, -0.25) is 4.90 Å². The van der Waals surface area contributed by atoms with Gasteiger partial charge in [-0.15, -0.1) is 0 Å². The van der Waals surface area contributed by atoms with Crippen molar-refractivity contribution in [3.05, 3.63) is 82.9 Å². The second kappa shape index (κ2) is 11.1. The molecule has 194 valence electrons. The molecule has 0 unspecified atom stereocenters. The minimum atomic E-state index is -4.64. The van der Waals surface area contributed by atoms with Gasteiger partial charge in [0.05, 0.1) is 39.4 Å². The SMILES string of the molecule is O=C(O)c1ccccc1Nc1ccc(C(F)(F)F)cc1Nc1ccc(CN2CCSCC2)cc1C(=O)O. The van der Waals surface area contributed by atoms with Crippen LogP contribution in [0.1, 0.15) is 31.8 Å². The number of halogens is 3.